The second kappa shape index (κ2) is 13.0. The highest BCUT2D eigenvalue weighted by Gasteiger charge is 2.27. The number of hydrogen-bond acceptors (Lipinski definition) is 6. The summed E-state index contributed by atoms with van der Waals surface area (Å²) in [5, 5.41) is 6.98. The molecular weight excluding hydrogens is 452 g/mol. The molecule has 2 aromatic carbocycles. The molecule has 2 atom stereocenters. The van der Waals surface area contributed by atoms with Gasteiger partial charge >= 0.3 is 0 Å². The van der Waals surface area contributed by atoms with Gasteiger partial charge in [0, 0.05) is 47.1 Å². The Morgan fingerprint density at radius 2 is 0.944 bits per heavy atom. The second-order valence-corrected chi connectivity index (χ2v) is 11.4. The van der Waals surface area contributed by atoms with E-state index in [9.17, 15) is 9.59 Å². The summed E-state index contributed by atoms with van der Waals surface area (Å²) in [6.45, 7) is 13.6. The van der Waals surface area contributed by atoms with E-state index in [1.807, 2.05) is 48.5 Å². The molecule has 2 N–H and O–H groups in total. The third kappa shape index (κ3) is 9.75. The average molecular weight is 497 g/mol. The van der Waals surface area contributed by atoms with Crippen molar-refractivity contribution in [2.24, 2.45) is 11.8 Å². The summed E-state index contributed by atoms with van der Waals surface area (Å²) in [7, 11) is 3.22. The number of methoxy groups -OCH3 is 2. The Hall–Kier alpha value is -2.70. The highest BCUT2D eigenvalue weighted by atomic mass is 16.5. The molecule has 0 saturated carbocycles. The Balaban J connectivity index is 2.24. The normalized spacial score (nSPS) is 13.7. The summed E-state index contributed by atoms with van der Waals surface area (Å²) < 4.78 is 10.5. The van der Waals surface area contributed by atoms with Crippen LogP contribution in [0.1, 0.15) is 75.1 Å². The van der Waals surface area contributed by atoms with Gasteiger partial charge < -0.3 is 20.1 Å². The fourth-order valence-electron chi connectivity index (χ4n) is 3.89. The maximum Gasteiger partial charge on any atom is 0.167 e. The van der Waals surface area contributed by atoms with Crippen LogP contribution < -0.4 is 20.1 Å². The Bertz CT molecular complexity index is 888. The third-order valence-corrected chi connectivity index (χ3v) is 6.11. The maximum atomic E-state index is 13.5. The smallest absolute Gasteiger partial charge is 0.167 e. The number of ketones is 2. The third-order valence-electron chi connectivity index (χ3n) is 6.11. The lowest BCUT2D eigenvalue weighted by Gasteiger charge is -2.28. The molecule has 0 heterocycles. The van der Waals surface area contributed by atoms with E-state index < -0.39 is 0 Å². The van der Waals surface area contributed by atoms with Gasteiger partial charge in [-0.3, -0.25) is 9.59 Å². The predicted molar refractivity (Wildman–Crippen MR) is 146 cm³/mol. The largest absolute Gasteiger partial charge is 0.497 e. The molecule has 0 radical (unpaired) electrons. The van der Waals surface area contributed by atoms with Crippen LogP contribution in [0.15, 0.2) is 48.5 Å². The van der Waals surface area contributed by atoms with Crippen LogP contribution in [0.5, 0.6) is 11.5 Å². The topological polar surface area (TPSA) is 76.7 Å². The van der Waals surface area contributed by atoms with Gasteiger partial charge in [0.25, 0.3) is 0 Å². The van der Waals surface area contributed by atoms with Gasteiger partial charge in [0.15, 0.2) is 11.6 Å². The molecule has 2 aromatic rings. The van der Waals surface area contributed by atoms with Gasteiger partial charge in [-0.2, -0.15) is 0 Å². The van der Waals surface area contributed by atoms with E-state index in [1.54, 1.807) is 14.2 Å². The first kappa shape index (κ1) is 29.5. The lowest BCUT2D eigenvalue weighted by molar-refractivity contribution is 0.0858. The summed E-state index contributed by atoms with van der Waals surface area (Å²) in [6, 6.07) is 14.5. The Labute approximate surface area is 217 Å². The summed E-state index contributed by atoms with van der Waals surface area (Å²) >= 11 is 0. The highest BCUT2D eigenvalue weighted by molar-refractivity contribution is 5.99. The van der Waals surface area contributed by atoms with Gasteiger partial charge in [0.1, 0.15) is 11.5 Å². The zero-order valence-corrected chi connectivity index (χ0v) is 23.2. The standard InChI is InChI=1S/C30H44N2O4/c1-29(2,3)31-19-23(27(33)21-11-15-25(35-7)16-12-21)9-10-24(20-32-30(4,5)6)28(34)22-13-17-26(36-8)18-14-22/h11-18,23-24,31-32H,9-10,19-20H2,1-8H3/t23-,24-/m0/s1. The molecule has 0 spiro atoms. The summed E-state index contributed by atoms with van der Waals surface area (Å²) in [5.41, 5.74) is 1.07. The van der Waals surface area contributed by atoms with Crippen molar-refractivity contribution in [3.05, 3.63) is 59.7 Å². The van der Waals surface area contributed by atoms with Crippen LogP contribution in [0.25, 0.3) is 0 Å². The minimum absolute atomic E-state index is 0.0776. The van der Waals surface area contributed by atoms with E-state index in [1.165, 1.54) is 0 Å². The predicted octanol–water partition coefficient (Wildman–Crippen LogP) is 5.56. The van der Waals surface area contributed by atoms with Crippen LogP contribution >= 0.6 is 0 Å². The van der Waals surface area contributed by atoms with E-state index in [-0.39, 0.29) is 34.5 Å². The first-order valence-electron chi connectivity index (χ1n) is 12.7. The van der Waals surface area contributed by atoms with Crippen LogP contribution in [0.2, 0.25) is 0 Å². The molecule has 6 heteroatoms. The zero-order valence-electron chi connectivity index (χ0n) is 23.2. The molecular formula is C30H44N2O4. The lowest BCUT2D eigenvalue weighted by atomic mass is 9.85. The van der Waals surface area contributed by atoms with Crippen molar-refractivity contribution in [3.8, 4) is 11.5 Å². The van der Waals surface area contributed by atoms with Gasteiger partial charge in [-0.1, -0.05) is 0 Å². The summed E-state index contributed by atoms with van der Waals surface area (Å²) in [5.74, 6) is 1.09. The lowest BCUT2D eigenvalue weighted by Crippen LogP contribution is -2.42. The minimum Gasteiger partial charge on any atom is -0.497 e. The monoisotopic (exact) mass is 496 g/mol. The van der Waals surface area contributed by atoms with E-state index in [0.717, 1.165) is 0 Å². The molecule has 36 heavy (non-hydrogen) atoms. The van der Waals surface area contributed by atoms with Crippen LogP contribution in [-0.2, 0) is 0 Å². The molecule has 198 valence electrons. The first-order chi connectivity index (χ1) is 16.8. The number of nitrogens with one attached hydrogen (secondary N) is 2. The Morgan fingerprint density at radius 3 is 1.19 bits per heavy atom. The van der Waals surface area contributed by atoms with Crippen molar-refractivity contribution in [3.63, 3.8) is 0 Å². The molecule has 0 aliphatic rings. The minimum atomic E-state index is -0.251. The molecule has 0 unspecified atom stereocenters. The first-order valence-corrected chi connectivity index (χ1v) is 12.7. The molecule has 0 bridgehead atoms. The number of hydrogen-bond donors (Lipinski definition) is 2. The number of carbonyl (C=O) groups excluding carboxylic acids is 2. The fraction of sp³-hybridized carbons (Fsp3) is 0.533. The van der Waals surface area contributed by atoms with Gasteiger partial charge in [-0.15, -0.1) is 0 Å². The quantitative estimate of drug-likeness (QED) is 0.354. The van der Waals surface area contributed by atoms with Crippen LogP contribution in [-0.4, -0.2) is 50.0 Å². The van der Waals surface area contributed by atoms with Crippen molar-refractivity contribution in [1.29, 1.82) is 0 Å². The van der Waals surface area contributed by atoms with Crippen molar-refractivity contribution >= 4 is 11.6 Å². The summed E-state index contributed by atoms with van der Waals surface area (Å²) in [6.07, 6.45) is 1.21. The number of ether oxygens (including phenoxy) is 2. The van der Waals surface area contributed by atoms with Crippen LogP contribution in [0.4, 0.5) is 0 Å². The molecule has 6 nitrogen and oxygen atoms in total. The van der Waals surface area contributed by atoms with Crippen molar-refractivity contribution < 1.29 is 19.1 Å². The Kier molecular flexibility index (Phi) is 10.7. The summed E-state index contributed by atoms with van der Waals surface area (Å²) in [4.78, 5) is 27.0. The zero-order chi connectivity index (χ0) is 26.9. The van der Waals surface area contributed by atoms with Gasteiger partial charge in [-0.25, -0.2) is 0 Å². The van der Waals surface area contributed by atoms with Gasteiger partial charge in [-0.05, 0) is 103 Å². The fourth-order valence-corrected chi connectivity index (χ4v) is 3.89. The molecule has 0 fully saturated rings. The van der Waals surface area contributed by atoms with Crippen molar-refractivity contribution in [1.82, 2.24) is 10.6 Å². The molecule has 0 amide bonds. The molecule has 0 aliphatic heterocycles. The molecule has 0 aliphatic carbocycles. The van der Waals surface area contributed by atoms with E-state index in [4.69, 9.17) is 9.47 Å². The number of carbonyl (C=O) groups is 2. The highest BCUT2D eigenvalue weighted by Crippen LogP contribution is 2.24. The number of rotatable bonds is 13. The van der Waals surface area contributed by atoms with Crippen molar-refractivity contribution in [2.45, 2.75) is 65.5 Å². The second-order valence-electron chi connectivity index (χ2n) is 11.4. The van der Waals surface area contributed by atoms with Gasteiger partial charge in [0.05, 0.1) is 14.2 Å². The number of Topliss-reactive ketones (excluding diaryl/α,β-unsaturated/α-hetero) is 2. The molecule has 2 rings (SSSR count). The van der Waals surface area contributed by atoms with E-state index >= 15 is 0 Å². The van der Waals surface area contributed by atoms with Crippen molar-refractivity contribution in [2.75, 3.05) is 27.3 Å². The van der Waals surface area contributed by atoms with E-state index in [0.29, 0.717) is 48.6 Å². The number of benzene rings is 2. The SMILES string of the molecule is COc1ccc(C(=O)[C@@H](CC[C@@H](CNC(C)(C)C)C(=O)c2ccc(OC)cc2)CNC(C)(C)C)cc1. The van der Waals surface area contributed by atoms with E-state index in [2.05, 4.69) is 52.2 Å². The van der Waals surface area contributed by atoms with Crippen LogP contribution in [0, 0.1) is 11.8 Å². The van der Waals surface area contributed by atoms with Gasteiger partial charge in [0.2, 0.25) is 0 Å². The van der Waals surface area contributed by atoms with Crippen LogP contribution in [0.3, 0.4) is 0 Å². The molecule has 0 saturated heterocycles. The Morgan fingerprint density at radius 1 is 0.639 bits per heavy atom. The molecule has 0 aromatic heterocycles. The maximum absolute atomic E-state index is 13.5. The average Bonchev–Trinajstić information content (AvgIpc) is 2.83.